The molecule has 0 spiro atoms. The zero-order valence-electron chi connectivity index (χ0n) is 31.2. The largest absolute Gasteiger partial charge is 0.449 e. The Balaban J connectivity index is 1.03. The van der Waals surface area contributed by atoms with Crippen molar-refractivity contribution in [3.63, 3.8) is 0 Å². The molecule has 10 aromatic rings. The quantitative estimate of drug-likeness (QED) is 0.175. The average Bonchev–Trinajstić information content (AvgIpc) is 3.81. The molecule has 8 aromatic carbocycles. The van der Waals surface area contributed by atoms with Crippen molar-refractivity contribution in [2.45, 2.75) is 5.41 Å². The number of pyridine rings is 1. The summed E-state index contributed by atoms with van der Waals surface area (Å²) in [5.74, 6) is 2.68. The lowest BCUT2D eigenvalue weighted by Crippen LogP contribution is -2.28. The van der Waals surface area contributed by atoms with Gasteiger partial charge in [0.2, 0.25) is 0 Å². The number of fused-ring (bicyclic) bond motifs is 8. The summed E-state index contributed by atoms with van der Waals surface area (Å²) in [7, 11) is 0. The highest BCUT2D eigenvalue weighted by molar-refractivity contribution is 7.25. The predicted octanol–water partition coefficient (Wildman–Crippen LogP) is 14.7. The van der Waals surface area contributed by atoms with Crippen LogP contribution in [-0.4, -0.2) is 4.98 Å². The van der Waals surface area contributed by atoms with Gasteiger partial charge in [0, 0.05) is 31.3 Å². The van der Waals surface area contributed by atoms with E-state index < -0.39 is 5.41 Å². The zero-order valence-corrected chi connectivity index (χ0v) is 32.0. The summed E-state index contributed by atoms with van der Waals surface area (Å²) in [6.07, 6.45) is 0. The van der Waals surface area contributed by atoms with Crippen LogP contribution >= 0.6 is 11.3 Å². The van der Waals surface area contributed by atoms with Crippen LogP contribution < -0.4 is 9.47 Å². The van der Waals surface area contributed by atoms with E-state index in [1.807, 2.05) is 29.5 Å². The van der Waals surface area contributed by atoms with E-state index in [2.05, 4.69) is 182 Å². The number of nitrogens with zero attached hydrogens (tertiary/aromatic N) is 1. The lowest BCUT2D eigenvalue weighted by Gasteiger charge is -2.34. The number of aromatic nitrogens is 1. The van der Waals surface area contributed by atoms with E-state index in [0.29, 0.717) is 23.0 Å². The van der Waals surface area contributed by atoms with Gasteiger partial charge in [-0.05, 0) is 93.0 Å². The highest BCUT2D eigenvalue weighted by atomic mass is 32.1. The van der Waals surface area contributed by atoms with Crippen molar-refractivity contribution in [3.05, 3.63) is 222 Å². The van der Waals surface area contributed by atoms with Crippen molar-refractivity contribution in [1.29, 1.82) is 0 Å². The van der Waals surface area contributed by atoms with E-state index in [0.717, 1.165) is 44.8 Å². The third kappa shape index (κ3) is 4.95. The normalized spacial score (nSPS) is 13.2. The number of rotatable bonds is 5. The van der Waals surface area contributed by atoms with E-state index in [-0.39, 0.29) is 0 Å². The first kappa shape index (κ1) is 32.9. The first-order valence-electron chi connectivity index (χ1n) is 19.6. The highest BCUT2D eigenvalue weighted by Gasteiger charge is 2.47. The van der Waals surface area contributed by atoms with Crippen LogP contribution in [0.3, 0.4) is 0 Å². The summed E-state index contributed by atoms with van der Waals surface area (Å²) in [4.78, 5) is 5.31. The number of thiophene rings is 1. The Labute approximate surface area is 340 Å². The molecule has 0 amide bonds. The summed E-state index contributed by atoms with van der Waals surface area (Å²) in [6, 6.07) is 71.1. The van der Waals surface area contributed by atoms with Crippen molar-refractivity contribution in [3.8, 4) is 67.8 Å². The third-order valence-corrected chi connectivity index (χ3v) is 13.0. The average molecular weight is 760 g/mol. The van der Waals surface area contributed by atoms with Gasteiger partial charge in [0.25, 0.3) is 0 Å². The summed E-state index contributed by atoms with van der Waals surface area (Å²) in [5.41, 5.74) is 12.4. The lowest BCUT2D eigenvalue weighted by atomic mass is 9.67. The molecule has 4 heteroatoms. The van der Waals surface area contributed by atoms with Gasteiger partial charge in [-0.3, -0.25) is 0 Å². The maximum atomic E-state index is 7.07. The molecule has 0 N–H and O–H groups in total. The van der Waals surface area contributed by atoms with E-state index in [1.165, 1.54) is 42.4 Å². The molecule has 3 nitrogen and oxygen atoms in total. The van der Waals surface area contributed by atoms with E-state index in [1.54, 1.807) is 0 Å². The Kier molecular flexibility index (Phi) is 7.31. The van der Waals surface area contributed by atoms with Gasteiger partial charge in [-0.25, -0.2) is 4.98 Å². The molecule has 0 unspecified atom stereocenters. The molecule has 1 aliphatic heterocycles. The van der Waals surface area contributed by atoms with Crippen LogP contribution in [0.4, 0.5) is 0 Å². The van der Waals surface area contributed by atoms with Crippen molar-refractivity contribution in [1.82, 2.24) is 4.98 Å². The monoisotopic (exact) mass is 759 g/mol. The van der Waals surface area contributed by atoms with Crippen LogP contribution in [0, 0.1) is 0 Å². The van der Waals surface area contributed by atoms with E-state index in [9.17, 15) is 0 Å². The molecule has 3 heterocycles. The maximum Gasteiger partial charge on any atom is 0.179 e. The second kappa shape index (κ2) is 12.9. The molecule has 2 aromatic heterocycles. The first-order valence-corrected chi connectivity index (χ1v) is 20.4. The van der Waals surface area contributed by atoms with Gasteiger partial charge in [-0.2, -0.15) is 0 Å². The van der Waals surface area contributed by atoms with Gasteiger partial charge in [-0.1, -0.05) is 152 Å². The van der Waals surface area contributed by atoms with Gasteiger partial charge < -0.3 is 9.47 Å². The minimum Gasteiger partial charge on any atom is -0.449 e. The minimum atomic E-state index is -0.553. The van der Waals surface area contributed by atoms with Gasteiger partial charge in [0.15, 0.2) is 23.0 Å². The fraction of sp³-hybridized carbons (Fsp3) is 0.0185. The molecule has 0 fully saturated rings. The Morgan fingerprint density at radius 1 is 0.379 bits per heavy atom. The van der Waals surface area contributed by atoms with E-state index >= 15 is 0 Å². The SMILES string of the molecule is c1ccc(-c2cc(-c3ccc4c(c3)sc3ccccc34)cc(-c3cccc4c3Oc3cc5c(cc3O4)-c3ccccc3C5(c3ccccc3)c3ccccc3)n2)cc1. The molecule has 12 rings (SSSR count). The number of ether oxygens (including phenoxy) is 2. The Hall–Kier alpha value is -7.27. The van der Waals surface area contributed by atoms with Crippen LogP contribution in [-0.2, 0) is 5.41 Å². The Bertz CT molecular complexity index is 3190. The second-order valence-corrected chi connectivity index (χ2v) is 16.1. The van der Waals surface area contributed by atoms with Crippen LogP contribution in [0.15, 0.2) is 200 Å². The Morgan fingerprint density at radius 3 is 1.84 bits per heavy atom. The summed E-state index contributed by atoms with van der Waals surface area (Å²) in [6.45, 7) is 0. The minimum absolute atomic E-state index is 0.553. The zero-order chi connectivity index (χ0) is 38.2. The van der Waals surface area contributed by atoms with Crippen LogP contribution in [0.2, 0.25) is 0 Å². The van der Waals surface area contributed by atoms with Gasteiger partial charge in [0.1, 0.15) is 0 Å². The smallest absolute Gasteiger partial charge is 0.179 e. The summed E-state index contributed by atoms with van der Waals surface area (Å²) < 4.78 is 16.4. The number of benzene rings is 8. The van der Waals surface area contributed by atoms with E-state index in [4.69, 9.17) is 14.5 Å². The molecule has 1 aliphatic carbocycles. The topological polar surface area (TPSA) is 31.4 Å². The maximum absolute atomic E-state index is 7.07. The molecule has 0 radical (unpaired) electrons. The highest BCUT2D eigenvalue weighted by Crippen LogP contribution is 2.60. The summed E-state index contributed by atoms with van der Waals surface area (Å²) >= 11 is 1.83. The van der Waals surface area contributed by atoms with Crippen molar-refractivity contribution in [2.75, 3.05) is 0 Å². The predicted molar refractivity (Wildman–Crippen MR) is 237 cm³/mol. The van der Waals surface area contributed by atoms with Gasteiger partial charge in [-0.15, -0.1) is 11.3 Å². The molecule has 272 valence electrons. The van der Waals surface area contributed by atoms with Crippen molar-refractivity contribution < 1.29 is 9.47 Å². The van der Waals surface area contributed by atoms with Crippen LogP contribution in [0.25, 0.3) is 64.9 Å². The Morgan fingerprint density at radius 2 is 1.03 bits per heavy atom. The standard InChI is InChI=1S/C54H33NO2S/c1-4-15-34(16-5-1)46-29-36(35-27-28-41-40-22-11-13-26-51(40)58-52(41)31-35)30-47(55-46)42-23-14-25-48-53(42)57-50-33-45-43(32-49(50)56-48)39-21-10-12-24-44(39)54(45,37-17-6-2-7-18-37)38-19-8-3-9-20-38/h1-33H. The molecular formula is C54H33NO2S. The fourth-order valence-corrected chi connectivity index (χ4v) is 10.4. The first-order chi connectivity index (χ1) is 28.7. The summed E-state index contributed by atoms with van der Waals surface area (Å²) in [5, 5.41) is 2.57. The van der Waals surface area contributed by atoms with Crippen molar-refractivity contribution >= 4 is 31.5 Å². The molecule has 0 saturated carbocycles. The van der Waals surface area contributed by atoms with Crippen LogP contribution in [0.5, 0.6) is 23.0 Å². The number of hydrogen-bond acceptors (Lipinski definition) is 4. The molecule has 0 atom stereocenters. The molecule has 58 heavy (non-hydrogen) atoms. The fourth-order valence-electron chi connectivity index (χ4n) is 9.24. The van der Waals surface area contributed by atoms with Gasteiger partial charge in [0.05, 0.1) is 16.8 Å². The number of hydrogen-bond donors (Lipinski definition) is 0. The molecule has 2 aliphatic rings. The lowest BCUT2D eigenvalue weighted by molar-refractivity contribution is 0.360. The second-order valence-electron chi connectivity index (χ2n) is 15.0. The molecular weight excluding hydrogens is 727 g/mol. The molecule has 0 saturated heterocycles. The van der Waals surface area contributed by atoms with Crippen molar-refractivity contribution in [2.24, 2.45) is 0 Å². The number of para-hydroxylation sites is 1. The molecule has 0 bridgehead atoms. The van der Waals surface area contributed by atoms with Crippen LogP contribution in [0.1, 0.15) is 22.3 Å². The third-order valence-electron chi connectivity index (χ3n) is 11.8. The van der Waals surface area contributed by atoms with Gasteiger partial charge >= 0.3 is 0 Å².